The Morgan fingerprint density at radius 2 is 2.54 bits per heavy atom. The van der Waals surface area contributed by atoms with Gasteiger partial charge in [-0.1, -0.05) is 6.08 Å². The van der Waals surface area contributed by atoms with Gasteiger partial charge in [0.25, 0.3) is 0 Å². The molecule has 1 N–H and O–H groups in total. The number of methoxy groups -OCH3 is 1. The van der Waals surface area contributed by atoms with E-state index >= 15 is 0 Å². The van der Waals surface area contributed by atoms with Gasteiger partial charge in [0, 0.05) is 11.6 Å². The molecule has 0 amide bonds. The topological polar surface area (TPSA) is 38.3 Å². The Kier molecular flexibility index (Phi) is 1.91. The lowest BCUT2D eigenvalue weighted by molar-refractivity contribution is -0.137. The highest BCUT2D eigenvalue weighted by Crippen LogP contribution is 2.36. The molecule has 1 saturated heterocycles. The summed E-state index contributed by atoms with van der Waals surface area (Å²) < 4.78 is 4.76. The van der Waals surface area contributed by atoms with E-state index in [1.807, 2.05) is 6.08 Å². The SMILES string of the molecule is COC(=O)C1=CCC2CCC1(C)N2. The third-order valence-corrected chi connectivity index (χ3v) is 3.12. The Hall–Kier alpha value is -0.830. The molecule has 1 fully saturated rings. The molecular formula is C10H15NO2. The molecule has 3 nitrogen and oxygen atoms in total. The van der Waals surface area contributed by atoms with Crippen molar-refractivity contribution < 1.29 is 9.53 Å². The van der Waals surface area contributed by atoms with Crippen LogP contribution in [0.15, 0.2) is 11.6 Å². The molecule has 2 aliphatic rings. The number of nitrogens with one attached hydrogen (secondary N) is 1. The molecule has 72 valence electrons. The molecule has 0 aliphatic carbocycles. The number of carbonyl (C=O) groups is 1. The van der Waals surface area contributed by atoms with Crippen LogP contribution in [0.2, 0.25) is 0 Å². The average Bonchev–Trinajstić information content (AvgIpc) is 2.42. The lowest BCUT2D eigenvalue weighted by Crippen LogP contribution is -2.47. The van der Waals surface area contributed by atoms with Gasteiger partial charge < -0.3 is 10.1 Å². The van der Waals surface area contributed by atoms with Gasteiger partial charge in [0.2, 0.25) is 0 Å². The molecule has 0 aromatic carbocycles. The minimum Gasteiger partial charge on any atom is -0.466 e. The monoisotopic (exact) mass is 181 g/mol. The fraction of sp³-hybridized carbons (Fsp3) is 0.700. The van der Waals surface area contributed by atoms with Crippen LogP contribution in [-0.2, 0) is 9.53 Å². The highest BCUT2D eigenvalue weighted by Gasteiger charge is 2.43. The molecule has 13 heavy (non-hydrogen) atoms. The van der Waals surface area contributed by atoms with Crippen molar-refractivity contribution >= 4 is 5.97 Å². The molecule has 0 radical (unpaired) electrons. The lowest BCUT2D eigenvalue weighted by atomic mass is 9.89. The van der Waals surface area contributed by atoms with E-state index in [1.165, 1.54) is 7.11 Å². The van der Waals surface area contributed by atoms with Gasteiger partial charge >= 0.3 is 5.97 Å². The first-order valence-corrected chi connectivity index (χ1v) is 4.72. The Labute approximate surface area is 78.1 Å². The van der Waals surface area contributed by atoms with Crippen LogP contribution in [-0.4, -0.2) is 24.7 Å². The number of esters is 1. The third kappa shape index (κ3) is 1.27. The summed E-state index contributed by atoms with van der Waals surface area (Å²) in [5.74, 6) is -0.185. The van der Waals surface area contributed by atoms with Crippen molar-refractivity contribution in [2.75, 3.05) is 7.11 Å². The van der Waals surface area contributed by atoms with Crippen molar-refractivity contribution in [1.82, 2.24) is 5.32 Å². The van der Waals surface area contributed by atoms with Crippen LogP contribution in [0.25, 0.3) is 0 Å². The quantitative estimate of drug-likeness (QED) is 0.613. The summed E-state index contributed by atoms with van der Waals surface area (Å²) in [7, 11) is 1.44. The highest BCUT2D eigenvalue weighted by molar-refractivity contribution is 5.91. The van der Waals surface area contributed by atoms with Crippen LogP contribution in [0, 0.1) is 0 Å². The standard InChI is InChI=1S/C10H15NO2/c1-10-6-5-7(11-10)3-4-8(10)9(12)13-2/h4,7,11H,3,5-6H2,1-2H3. The predicted molar refractivity (Wildman–Crippen MR) is 49.3 cm³/mol. The van der Waals surface area contributed by atoms with Crippen molar-refractivity contribution in [2.45, 2.75) is 37.8 Å². The van der Waals surface area contributed by atoms with Crippen molar-refractivity contribution in [3.8, 4) is 0 Å². The molecular weight excluding hydrogens is 166 g/mol. The van der Waals surface area contributed by atoms with Gasteiger partial charge in [-0.05, 0) is 26.2 Å². The zero-order valence-corrected chi connectivity index (χ0v) is 8.09. The number of hydrogen-bond donors (Lipinski definition) is 1. The van der Waals surface area contributed by atoms with Crippen LogP contribution in [0.5, 0.6) is 0 Å². The smallest absolute Gasteiger partial charge is 0.335 e. The molecule has 2 unspecified atom stereocenters. The first-order valence-electron chi connectivity index (χ1n) is 4.72. The van der Waals surface area contributed by atoms with Gasteiger partial charge in [0.1, 0.15) is 0 Å². The third-order valence-electron chi connectivity index (χ3n) is 3.12. The summed E-state index contributed by atoms with van der Waals surface area (Å²) in [6.45, 7) is 2.08. The zero-order valence-electron chi connectivity index (χ0n) is 8.09. The van der Waals surface area contributed by atoms with E-state index in [9.17, 15) is 4.79 Å². The predicted octanol–water partition coefficient (Wildman–Crippen LogP) is 1.00. The van der Waals surface area contributed by atoms with E-state index in [0.29, 0.717) is 6.04 Å². The van der Waals surface area contributed by atoms with E-state index in [4.69, 9.17) is 4.74 Å². The number of fused-ring (bicyclic) bond motifs is 2. The van der Waals surface area contributed by atoms with Crippen LogP contribution in [0.1, 0.15) is 26.2 Å². The molecule has 0 aromatic rings. The van der Waals surface area contributed by atoms with Gasteiger partial charge in [-0.3, -0.25) is 0 Å². The maximum absolute atomic E-state index is 11.4. The first kappa shape index (κ1) is 8.75. The summed E-state index contributed by atoms with van der Waals surface area (Å²) in [4.78, 5) is 11.4. The van der Waals surface area contributed by atoms with Gasteiger partial charge in [0.05, 0.1) is 12.7 Å². The molecule has 0 spiro atoms. The molecule has 2 aliphatic heterocycles. The molecule has 2 atom stereocenters. The second kappa shape index (κ2) is 2.84. The second-order valence-electron chi connectivity index (χ2n) is 4.06. The van der Waals surface area contributed by atoms with E-state index < -0.39 is 0 Å². The summed E-state index contributed by atoms with van der Waals surface area (Å²) in [6.07, 6.45) is 5.19. The number of rotatable bonds is 1. The molecule has 2 heterocycles. The van der Waals surface area contributed by atoms with Crippen molar-refractivity contribution in [3.63, 3.8) is 0 Å². The minimum absolute atomic E-state index is 0.129. The van der Waals surface area contributed by atoms with E-state index in [1.54, 1.807) is 0 Å². The molecule has 2 bridgehead atoms. The fourth-order valence-corrected chi connectivity index (χ4v) is 2.35. The van der Waals surface area contributed by atoms with Crippen LogP contribution in [0.3, 0.4) is 0 Å². The minimum atomic E-state index is -0.185. The molecule has 2 rings (SSSR count). The average molecular weight is 181 g/mol. The Bertz CT molecular complexity index is 272. The highest BCUT2D eigenvalue weighted by atomic mass is 16.5. The van der Waals surface area contributed by atoms with Gasteiger partial charge in [-0.15, -0.1) is 0 Å². The number of hydrogen-bond acceptors (Lipinski definition) is 3. The largest absolute Gasteiger partial charge is 0.466 e. The summed E-state index contributed by atoms with van der Waals surface area (Å²) in [5, 5.41) is 3.46. The Balaban J connectivity index is 2.28. The lowest BCUT2D eigenvalue weighted by Gasteiger charge is -2.30. The maximum atomic E-state index is 11.4. The van der Waals surface area contributed by atoms with E-state index in [-0.39, 0.29) is 11.5 Å². The van der Waals surface area contributed by atoms with Gasteiger partial charge in [-0.25, -0.2) is 4.79 Å². The van der Waals surface area contributed by atoms with Gasteiger partial charge in [-0.2, -0.15) is 0 Å². The number of ether oxygens (including phenoxy) is 1. The van der Waals surface area contributed by atoms with E-state index in [2.05, 4.69) is 12.2 Å². The summed E-state index contributed by atoms with van der Waals surface area (Å²) in [5.41, 5.74) is 0.680. The van der Waals surface area contributed by atoms with Crippen molar-refractivity contribution in [1.29, 1.82) is 0 Å². The van der Waals surface area contributed by atoms with Crippen molar-refractivity contribution in [2.24, 2.45) is 0 Å². The Morgan fingerprint density at radius 3 is 3.23 bits per heavy atom. The molecule has 3 heteroatoms. The fourth-order valence-electron chi connectivity index (χ4n) is 2.35. The number of carbonyl (C=O) groups excluding carboxylic acids is 1. The molecule has 0 aromatic heterocycles. The van der Waals surface area contributed by atoms with Crippen LogP contribution >= 0.6 is 0 Å². The van der Waals surface area contributed by atoms with Crippen molar-refractivity contribution in [3.05, 3.63) is 11.6 Å². The first-order chi connectivity index (χ1) is 6.15. The second-order valence-corrected chi connectivity index (χ2v) is 4.06. The van der Waals surface area contributed by atoms with E-state index in [0.717, 1.165) is 24.8 Å². The van der Waals surface area contributed by atoms with Gasteiger partial charge in [0.15, 0.2) is 0 Å². The summed E-state index contributed by atoms with van der Waals surface area (Å²) >= 11 is 0. The normalized spacial score (nSPS) is 37.1. The zero-order chi connectivity index (χ0) is 9.47. The Morgan fingerprint density at radius 1 is 1.77 bits per heavy atom. The molecule has 0 saturated carbocycles. The summed E-state index contributed by atoms with van der Waals surface area (Å²) in [6, 6.07) is 0.568. The van der Waals surface area contributed by atoms with Crippen LogP contribution < -0.4 is 5.32 Å². The van der Waals surface area contributed by atoms with Crippen LogP contribution in [0.4, 0.5) is 0 Å². The maximum Gasteiger partial charge on any atom is 0.335 e.